The van der Waals surface area contributed by atoms with Crippen molar-refractivity contribution in [2.45, 2.75) is 316 Å². The first-order valence-corrected chi connectivity index (χ1v) is 33.5. The molecule has 0 heterocycles. The third-order valence-corrected chi connectivity index (χ3v) is 14.2. The number of unbranched alkanes of at least 4 members (excludes halogenated alkanes) is 29. The van der Waals surface area contributed by atoms with Gasteiger partial charge < -0.3 is 14.2 Å². The fourth-order valence-corrected chi connectivity index (χ4v) is 9.15. The van der Waals surface area contributed by atoms with Gasteiger partial charge in [-0.3, -0.25) is 14.4 Å². The van der Waals surface area contributed by atoms with Crippen molar-refractivity contribution in [1.29, 1.82) is 0 Å². The Kier molecular flexibility index (Phi) is 63.8. The molecule has 0 amide bonds. The van der Waals surface area contributed by atoms with Gasteiger partial charge in [-0.2, -0.15) is 0 Å². The number of carbonyl (C=O) groups is 3. The Labute approximate surface area is 494 Å². The number of hydrogen-bond acceptors (Lipinski definition) is 6. The van der Waals surface area contributed by atoms with E-state index >= 15 is 0 Å². The van der Waals surface area contributed by atoms with Gasteiger partial charge in [-0.15, -0.1) is 0 Å². The van der Waals surface area contributed by atoms with Gasteiger partial charge in [0.25, 0.3) is 0 Å². The van der Waals surface area contributed by atoms with Gasteiger partial charge in [0, 0.05) is 19.3 Å². The first-order valence-electron chi connectivity index (χ1n) is 33.5. The van der Waals surface area contributed by atoms with Crippen molar-refractivity contribution >= 4 is 17.9 Å². The Hall–Kier alpha value is -4.19. The molecule has 80 heavy (non-hydrogen) atoms. The second-order valence-corrected chi connectivity index (χ2v) is 22.0. The first kappa shape index (κ1) is 75.8. The van der Waals surface area contributed by atoms with Crippen LogP contribution < -0.4 is 0 Å². The third kappa shape index (κ3) is 64.6. The molecular weight excluding hydrogens is 985 g/mol. The highest BCUT2D eigenvalue weighted by Crippen LogP contribution is 2.15. The van der Waals surface area contributed by atoms with Crippen molar-refractivity contribution < 1.29 is 28.6 Å². The molecule has 0 rings (SSSR count). The van der Waals surface area contributed by atoms with Crippen LogP contribution in [0.15, 0.2) is 122 Å². The van der Waals surface area contributed by atoms with Crippen LogP contribution in [0.25, 0.3) is 0 Å². The zero-order valence-corrected chi connectivity index (χ0v) is 52.3. The highest BCUT2D eigenvalue weighted by atomic mass is 16.6. The van der Waals surface area contributed by atoms with Gasteiger partial charge in [-0.05, 0) is 135 Å². The van der Waals surface area contributed by atoms with Gasteiger partial charge in [0.05, 0.1) is 0 Å². The highest BCUT2D eigenvalue weighted by Gasteiger charge is 2.19. The zero-order chi connectivity index (χ0) is 57.8. The Morgan fingerprint density at radius 2 is 0.487 bits per heavy atom. The molecule has 0 saturated carbocycles. The van der Waals surface area contributed by atoms with E-state index in [2.05, 4.69) is 142 Å². The minimum absolute atomic E-state index is 0.0955. The Bertz CT molecular complexity index is 1650. The lowest BCUT2D eigenvalue weighted by molar-refractivity contribution is -0.167. The first-order chi connectivity index (χ1) is 39.5. The van der Waals surface area contributed by atoms with Crippen molar-refractivity contribution in [2.24, 2.45) is 0 Å². The predicted octanol–water partition coefficient (Wildman–Crippen LogP) is 23.2. The minimum atomic E-state index is -0.802. The van der Waals surface area contributed by atoms with Gasteiger partial charge >= 0.3 is 17.9 Å². The lowest BCUT2D eigenvalue weighted by atomic mass is 10.1. The smallest absolute Gasteiger partial charge is 0.306 e. The summed E-state index contributed by atoms with van der Waals surface area (Å²) in [5.41, 5.74) is 0. The molecule has 0 aliphatic carbocycles. The maximum Gasteiger partial charge on any atom is 0.306 e. The minimum Gasteiger partial charge on any atom is -0.462 e. The van der Waals surface area contributed by atoms with Crippen LogP contribution in [-0.2, 0) is 28.6 Å². The molecule has 0 spiro atoms. The monoisotopic (exact) mass is 1110 g/mol. The van der Waals surface area contributed by atoms with E-state index in [1.165, 1.54) is 135 Å². The second-order valence-electron chi connectivity index (χ2n) is 22.0. The van der Waals surface area contributed by atoms with Gasteiger partial charge in [0.15, 0.2) is 6.10 Å². The molecule has 1 unspecified atom stereocenters. The molecule has 0 bridgehead atoms. The van der Waals surface area contributed by atoms with E-state index in [4.69, 9.17) is 14.2 Å². The van der Waals surface area contributed by atoms with E-state index in [1.54, 1.807) is 0 Å². The van der Waals surface area contributed by atoms with Gasteiger partial charge in [-0.1, -0.05) is 277 Å². The van der Waals surface area contributed by atoms with Gasteiger partial charge in [-0.25, -0.2) is 0 Å². The van der Waals surface area contributed by atoms with Crippen LogP contribution >= 0.6 is 0 Å². The van der Waals surface area contributed by atoms with E-state index in [-0.39, 0.29) is 31.1 Å². The lowest BCUT2D eigenvalue weighted by Gasteiger charge is -2.18. The number of carbonyl (C=O) groups excluding carboxylic acids is 3. The van der Waals surface area contributed by atoms with Gasteiger partial charge in [0.2, 0.25) is 0 Å². The second kappa shape index (κ2) is 67.3. The number of esters is 3. The van der Waals surface area contributed by atoms with Crippen molar-refractivity contribution in [3.05, 3.63) is 122 Å². The number of allylic oxidation sites excluding steroid dienone is 20. The van der Waals surface area contributed by atoms with Crippen molar-refractivity contribution in [3.8, 4) is 0 Å². The predicted molar refractivity (Wildman–Crippen MR) is 348 cm³/mol. The maximum atomic E-state index is 12.9. The molecular formula is C74H124O6. The highest BCUT2D eigenvalue weighted by molar-refractivity contribution is 5.71. The summed E-state index contributed by atoms with van der Waals surface area (Å²) in [6.45, 7) is 6.50. The molecule has 0 aromatic carbocycles. The van der Waals surface area contributed by atoms with E-state index in [0.717, 1.165) is 135 Å². The molecule has 0 saturated heterocycles. The third-order valence-electron chi connectivity index (χ3n) is 14.2. The fraction of sp³-hybridized carbons (Fsp3) is 0.689. The molecule has 1 atom stereocenters. The number of rotatable bonds is 60. The van der Waals surface area contributed by atoms with Crippen LogP contribution in [0.4, 0.5) is 0 Å². The standard InChI is InChI=1S/C74H124O6/c1-4-7-10-13-16-19-22-25-28-31-33-35-37-39-41-43-46-49-52-55-58-61-64-67-73(76)79-70-71(69-78-72(75)66-63-60-57-54-51-48-45-30-27-24-21-18-15-12-9-6-3)80-74(77)68-65-62-59-56-53-50-47-44-42-40-38-36-34-32-29-26-23-20-17-14-11-8-5-2/h7,10,16,19,23,25-26,28,30,32-35,38-41,45-46,49,71H,4-6,8-9,11-15,17-18,20-22,24,27,29,31,36-37,42-44,47-48,50-70H2,1-3H3/b10-7-,19-16-,26-23-,28-25-,34-32-,35-33-,40-38-,41-39-,45-30-,49-46-. The molecule has 0 aromatic heterocycles. The summed E-state index contributed by atoms with van der Waals surface area (Å²) in [6, 6.07) is 0. The summed E-state index contributed by atoms with van der Waals surface area (Å²) < 4.78 is 16.9. The fourth-order valence-electron chi connectivity index (χ4n) is 9.15. The van der Waals surface area contributed by atoms with Crippen molar-refractivity contribution in [1.82, 2.24) is 0 Å². The number of ether oxygens (including phenoxy) is 3. The largest absolute Gasteiger partial charge is 0.462 e. The Balaban J connectivity index is 4.46. The zero-order valence-electron chi connectivity index (χ0n) is 52.3. The van der Waals surface area contributed by atoms with E-state index in [9.17, 15) is 14.4 Å². The van der Waals surface area contributed by atoms with E-state index in [0.29, 0.717) is 19.3 Å². The molecule has 456 valence electrons. The molecule has 0 fully saturated rings. The van der Waals surface area contributed by atoms with Crippen LogP contribution in [0.2, 0.25) is 0 Å². The number of hydrogen-bond donors (Lipinski definition) is 0. The topological polar surface area (TPSA) is 78.9 Å². The molecule has 0 aliphatic rings. The summed E-state index contributed by atoms with van der Waals surface area (Å²) in [4.78, 5) is 38.4. The van der Waals surface area contributed by atoms with Crippen LogP contribution in [0.1, 0.15) is 310 Å². The van der Waals surface area contributed by atoms with Crippen LogP contribution in [0.3, 0.4) is 0 Å². The summed E-state index contributed by atoms with van der Waals surface area (Å²) in [7, 11) is 0. The van der Waals surface area contributed by atoms with Crippen LogP contribution in [-0.4, -0.2) is 37.2 Å². The average molecular weight is 1110 g/mol. The maximum absolute atomic E-state index is 12.9. The van der Waals surface area contributed by atoms with Crippen LogP contribution in [0, 0.1) is 0 Å². The summed E-state index contributed by atoms with van der Waals surface area (Å²) in [6.07, 6.45) is 93.4. The normalized spacial score (nSPS) is 12.9. The molecule has 0 aliphatic heterocycles. The molecule has 6 heteroatoms. The summed E-state index contributed by atoms with van der Waals surface area (Å²) >= 11 is 0. The Morgan fingerprint density at radius 1 is 0.263 bits per heavy atom. The van der Waals surface area contributed by atoms with E-state index < -0.39 is 6.10 Å². The molecule has 0 aromatic rings. The molecule has 6 nitrogen and oxygen atoms in total. The summed E-state index contributed by atoms with van der Waals surface area (Å²) in [5, 5.41) is 0. The average Bonchev–Trinajstić information content (AvgIpc) is 3.46. The summed E-state index contributed by atoms with van der Waals surface area (Å²) in [5.74, 6) is -0.929. The molecule has 0 N–H and O–H groups in total. The lowest BCUT2D eigenvalue weighted by Crippen LogP contribution is -2.30. The molecule has 0 radical (unpaired) electrons. The van der Waals surface area contributed by atoms with Gasteiger partial charge in [0.1, 0.15) is 13.2 Å². The Morgan fingerprint density at radius 3 is 0.775 bits per heavy atom. The van der Waals surface area contributed by atoms with Crippen molar-refractivity contribution in [3.63, 3.8) is 0 Å². The van der Waals surface area contributed by atoms with Crippen LogP contribution in [0.5, 0.6) is 0 Å². The van der Waals surface area contributed by atoms with E-state index in [1.807, 2.05) is 0 Å². The SMILES string of the molecule is CC/C=C\C/C=C\C/C=C\C/C=C\C/C=C\C/C=C\CCCCCCC(=O)OCC(COC(=O)CCCCCCC/C=C\CCCCCCCCC)OC(=O)CCCCCCCCCC/C=C\C/C=C\C/C=C\CCCCCCC. The van der Waals surface area contributed by atoms with Crippen molar-refractivity contribution in [2.75, 3.05) is 13.2 Å². The quantitative estimate of drug-likeness (QED) is 0.0261.